The maximum absolute atomic E-state index is 11.8. The van der Waals surface area contributed by atoms with Crippen LogP contribution < -0.4 is 4.90 Å². The molecule has 0 saturated heterocycles. The number of rotatable bonds is 7. The molecule has 3 aromatic heterocycles. The van der Waals surface area contributed by atoms with E-state index in [9.17, 15) is 9.90 Å². The lowest BCUT2D eigenvalue weighted by molar-refractivity contribution is 0.0697. The number of anilines is 3. The van der Waals surface area contributed by atoms with Gasteiger partial charge < -0.3 is 20.0 Å². The fourth-order valence-electron chi connectivity index (χ4n) is 8.74. The summed E-state index contributed by atoms with van der Waals surface area (Å²) in [7, 11) is 0. The highest BCUT2D eigenvalue weighted by atomic mass is 16.4. The number of aryl methyl sites for hydroxylation is 3. The maximum atomic E-state index is 11.8. The molecule has 5 heterocycles. The number of aromatic amines is 2. The van der Waals surface area contributed by atoms with E-state index in [1.165, 1.54) is 5.56 Å². The smallest absolute Gasteiger partial charge is 0.335 e. The second-order valence-electron chi connectivity index (χ2n) is 15.6. The molecule has 8 bridgehead atoms. The summed E-state index contributed by atoms with van der Waals surface area (Å²) in [5, 5.41) is 9.67. The molecule has 7 nitrogen and oxygen atoms in total. The Bertz CT molecular complexity index is 3170. The van der Waals surface area contributed by atoms with E-state index in [2.05, 4.69) is 157 Å². The first-order valence-electron chi connectivity index (χ1n) is 20.3. The highest BCUT2D eigenvalue weighted by Crippen LogP contribution is 2.40. The lowest BCUT2D eigenvalue weighted by atomic mass is 9.92. The standard InChI is InChI=1S/C54H41N5O2/c1-33-30-34(2)50(35(3)31-33)53-48-28-26-46(57-48)51(36-14-16-38(17-15-36)54(60)61)44-24-20-39(55-44)32-40-21-25-45(56-40)52(47-27-29-49(53)58-47)37-18-22-43(23-19-37)59(41-10-6-4-7-11-41)42-12-8-5-9-13-42/h4-32,56-57H,1-3H3,(H,60,61). The number of hydrogen-bond donors (Lipinski definition) is 3. The molecule has 8 aromatic rings. The SMILES string of the molecule is Cc1cc(C)c(-c2c3nc(c(-c4ccc(N(c5ccccc5)c5ccccc5)cc4)c4ccc(cc5nc(c(-c6ccc(C(=O)O)cc6)c6ccc2[nH]6)C=C5)[nH]4)C=C3)c(C)c1. The van der Waals surface area contributed by atoms with Gasteiger partial charge in [-0.25, -0.2) is 14.8 Å². The molecule has 3 N–H and O–H groups in total. The fourth-order valence-corrected chi connectivity index (χ4v) is 8.74. The molecule has 5 aromatic carbocycles. The summed E-state index contributed by atoms with van der Waals surface area (Å²) >= 11 is 0. The van der Waals surface area contributed by atoms with E-state index in [0.29, 0.717) is 0 Å². The highest BCUT2D eigenvalue weighted by Gasteiger charge is 2.20. The second kappa shape index (κ2) is 15.3. The van der Waals surface area contributed by atoms with Crippen LogP contribution in [0.4, 0.5) is 17.1 Å². The zero-order valence-corrected chi connectivity index (χ0v) is 33.9. The quantitative estimate of drug-likeness (QED) is 0.149. The number of para-hydroxylation sites is 2. The van der Waals surface area contributed by atoms with Crippen LogP contribution in [0.2, 0.25) is 0 Å². The Morgan fingerprint density at radius 1 is 0.492 bits per heavy atom. The van der Waals surface area contributed by atoms with Gasteiger partial charge in [0.05, 0.1) is 28.3 Å². The number of carboxylic acid groups (broad SMARTS) is 1. The molecule has 0 spiro atoms. The van der Waals surface area contributed by atoms with Crippen LogP contribution in [0.25, 0.3) is 79.8 Å². The summed E-state index contributed by atoms with van der Waals surface area (Å²) in [5.74, 6) is -0.967. The van der Waals surface area contributed by atoms with Crippen molar-refractivity contribution in [3.63, 3.8) is 0 Å². The molecular weight excluding hydrogens is 751 g/mol. The van der Waals surface area contributed by atoms with E-state index < -0.39 is 5.97 Å². The van der Waals surface area contributed by atoms with Crippen LogP contribution in [0.3, 0.4) is 0 Å². The van der Waals surface area contributed by atoms with E-state index in [-0.39, 0.29) is 5.56 Å². The van der Waals surface area contributed by atoms with E-state index in [1.807, 2.05) is 42.5 Å². The maximum Gasteiger partial charge on any atom is 0.335 e. The highest BCUT2D eigenvalue weighted by molar-refractivity contribution is 5.99. The number of nitrogens with one attached hydrogen (secondary N) is 2. The molecule has 0 aliphatic carbocycles. The zero-order chi connectivity index (χ0) is 41.6. The molecular formula is C54H41N5O2. The third kappa shape index (κ3) is 7.02. The average Bonchev–Trinajstić information content (AvgIpc) is 4.11. The summed E-state index contributed by atoms with van der Waals surface area (Å²) in [6.07, 6.45) is 8.28. The summed E-state index contributed by atoms with van der Waals surface area (Å²) in [6.45, 7) is 6.46. The molecule has 294 valence electrons. The summed E-state index contributed by atoms with van der Waals surface area (Å²) in [4.78, 5) is 32.2. The van der Waals surface area contributed by atoms with Gasteiger partial charge in [-0.1, -0.05) is 78.4 Å². The van der Waals surface area contributed by atoms with Crippen molar-refractivity contribution in [2.24, 2.45) is 0 Å². The van der Waals surface area contributed by atoms with E-state index in [1.54, 1.807) is 12.1 Å². The summed E-state index contributed by atoms with van der Waals surface area (Å²) in [6, 6.07) is 51.4. The first-order valence-corrected chi connectivity index (χ1v) is 20.3. The molecule has 2 aliphatic rings. The minimum atomic E-state index is -0.967. The van der Waals surface area contributed by atoms with Crippen molar-refractivity contribution in [2.75, 3.05) is 4.90 Å². The summed E-state index contributed by atoms with van der Waals surface area (Å²) < 4.78 is 0. The second-order valence-corrected chi connectivity index (χ2v) is 15.6. The van der Waals surface area contributed by atoms with Crippen molar-refractivity contribution in [3.8, 4) is 33.4 Å². The van der Waals surface area contributed by atoms with Crippen molar-refractivity contribution in [2.45, 2.75) is 20.8 Å². The van der Waals surface area contributed by atoms with Gasteiger partial charge in [0.2, 0.25) is 0 Å². The number of benzene rings is 5. The Labute approximate surface area is 353 Å². The van der Waals surface area contributed by atoms with Gasteiger partial charge in [0.25, 0.3) is 0 Å². The fraction of sp³-hybridized carbons (Fsp3) is 0.0556. The number of hydrogen-bond acceptors (Lipinski definition) is 4. The summed E-state index contributed by atoms with van der Waals surface area (Å²) in [5.41, 5.74) is 19.6. The Morgan fingerprint density at radius 2 is 0.984 bits per heavy atom. The van der Waals surface area contributed by atoms with Crippen molar-refractivity contribution in [3.05, 3.63) is 197 Å². The van der Waals surface area contributed by atoms with Crippen LogP contribution in [0, 0.1) is 20.8 Å². The first kappa shape index (κ1) is 37.3. The number of aromatic carboxylic acids is 1. The van der Waals surface area contributed by atoms with Gasteiger partial charge in [-0.15, -0.1) is 0 Å². The van der Waals surface area contributed by atoms with Crippen LogP contribution >= 0.6 is 0 Å². The van der Waals surface area contributed by atoms with E-state index >= 15 is 0 Å². The lowest BCUT2D eigenvalue weighted by Crippen LogP contribution is -2.09. The van der Waals surface area contributed by atoms with Crippen LogP contribution in [0.5, 0.6) is 0 Å². The minimum Gasteiger partial charge on any atom is -0.478 e. The van der Waals surface area contributed by atoms with Gasteiger partial charge >= 0.3 is 5.97 Å². The normalized spacial score (nSPS) is 11.9. The lowest BCUT2D eigenvalue weighted by Gasteiger charge is -2.25. The van der Waals surface area contributed by atoms with Crippen molar-refractivity contribution < 1.29 is 9.90 Å². The predicted molar refractivity (Wildman–Crippen MR) is 251 cm³/mol. The Kier molecular flexibility index (Phi) is 9.34. The molecule has 0 unspecified atom stereocenters. The van der Waals surface area contributed by atoms with Crippen molar-refractivity contribution in [1.29, 1.82) is 0 Å². The molecule has 2 aliphatic heterocycles. The zero-order valence-electron chi connectivity index (χ0n) is 33.9. The topological polar surface area (TPSA) is 97.9 Å². The third-order valence-corrected chi connectivity index (χ3v) is 11.4. The van der Waals surface area contributed by atoms with Gasteiger partial charge in [0, 0.05) is 55.8 Å². The van der Waals surface area contributed by atoms with Crippen molar-refractivity contribution >= 4 is 69.4 Å². The molecule has 10 rings (SSSR count). The average molecular weight is 792 g/mol. The van der Waals surface area contributed by atoms with Crippen LogP contribution in [0.1, 0.15) is 49.8 Å². The number of H-pyrrole nitrogens is 2. The minimum absolute atomic E-state index is 0.226. The molecule has 61 heavy (non-hydrogen) atoms. The molecule has 7 heteroatoms. The predicted octanol–water partition coefficient (Wildman–Crippen LogP) is 13.7. The van der Waals surface area contributed by atoms with Crippen molar-refractivity contribution in [1.82, 2.24) is 19.9 Å². The molecule has 0 radical (unpaired) electrons. The van der Waals surface area contributed by atoms with Gasteiger partial charge in [0.1, 0.15) is 0 Å². The van der Waals surface area contributed by atoms with Gasteiger partial charge in [-0.3, -0.25) is 0 Å². The van der Waals surface area contributed by atoms with Crippen LogP contribution in [0.15, 0.2) is 152 Å². The number of carbonyl (C=O) groups is 1. The number of aromatic nitrogens is 4. The first-order chi connectivity index (χ1) is 29.8. The van der Waals surface area contributed by atoms with Gasteiger partial charge in [-0.05, 0) is 152 Å². The number of fused-ring (bicyclic) bond motifs is 8. The Hall–Kier alpha value is -8.03. The van der Waals surface area contributed by atoms with E-state index in [4.69, 9.17) is 9.97 Å². The molecule has 0 amide bonds. The van der Waals surface area contributed by atoms with Gasteiger partial charge in [-0.2, -0.15) is 0 Å². The monoisotopic (exact) mass is 791 g/mol. The third-order valence-electron chi connectivity index (χ3n) is 11.4. The number of nitrogens with zero attached hydrogens (tertiary/aromatic N) is 3. The van der Waals surface area contributed by atoms with Gasteiger partial charge in [0.15, 0.2) is 0 Å². The molecule has 0 atom stereocenters. The molecule has 0 fully saturated rings. The Balaban J connectivity index is 1.24. The van der Waals surface area contributed by atoms with Crippen LogP contribution in [-0.2, 0) is 0 Å². The van der Waals surface area contributed by atoms with Crippen LogP contribution in [-0.4, -0.2) is 31.0 Å². The molecule has 0 saturated carbocycles. The van der Waals surface area contributed by atoms with E-state index in [0.717, 1.165) is 106 Å². The largest absolute Gasteiger partial charge is 0.478 e. The number of carboxylic acids is 1. The Morgan fingerprint density at radius 3 is 1.59 bits per heavy atom.